The van der Waals surface area contributed by atoms with Crippen LogP contribution in [0.5, 0.6) is 0 Å². The summed E-state index contributed by atoms with van der Waals surface area (Å²) in [6, 6.07) is 10.1. The summed E-state index contributed by atoms with van der Waals surface area (Å²) in [7, 11) is 0. The van der Waals surface area contributed by atoms with E-state index in [1.54, 1.807) is 0 Å². The summed E-state index contributed by atoms with van der Waals surface area (Å²) in [5, 5.41) is 17.0. The highest BCUT2D eigenvalue weighted by Gasteiger charge is 1.97. The van der Waals surface area contributed by atoms with Gasteiger partial charge in [0.05, 0.1) is 25.0 Å². The molecule has 78 valence electrons. The SMILES string of the molecule is CC.Cc1cc(CC#N)cc(CC#N)c1. The summed E-state index contributed by atoms with van der Waals surface area (Å²) in [5.41, 5.74) is 3.10. The van der Waals surface area contributed by atoms with Crippen molar-refractivity contribution in [2.45, 2.75) is 33.6 Å². The highest BCUT2D eigenvalue weighted by molar-refractivity contribution is 5.32. The Labute approximate surface area is 91.8 Å². The minimum absolute atomic E-state index is 0.417. The largest absolute Gasteiger partial charge is 0.198 e. The van der Waals surface area contributed by atoms with Crippen LogP contribution in [0, 0.1) is 29.6 Å². The van der Waals surface area contributed by atoms with Crippen molar-refractivity contribution in [2.75, 3.05) is 0 Å². The van der Waals surface area contributed by atoms with Crippen LogP contribution in [0.25, 0.3) is 0 Å². The molecule has 0 amide bonds. The molecular weight excluding hydrogens is 184 g/mol. The fourth-order valence-corrected chi connectivity index (χ4v) is 1.33. The maximum atomic E-state index is 8.52. The Kier molecular flexibility index (Phi) is 6.68. The van der Waals surface area contributed by atoms with Crippen LogP contribution in [-0.2, 0) is 12.8 Å². The standard InChI is InChI=1S/C11H10N2.C2H6/c1-9-6-10(2-4-12)8-11(7-9)3-5-13;1-2/h6-8H,2-3H2,1H3;1-2H3. The van der Waals surface area contributed by atoms with Gasteiger partial charge in [-0.15, -0.1) is 0 Å². The maximum Gasteiger partial charge on any atom is 0.0669 e. The molecule has 0 aliphatic rings. The molecule has 2 heteroatoms. The molecule has 0 unspecified atom stereocenters. The molecule has 0 radical (unpaired) electrons. The zero-order valence-electron chi connectivity index (χ0n) is 9.54. The topological polar surface area (TPSA) is 47.6 Å². The molecule has 2 nitrogen and oxygen atoms in total. The molecule has 1 rings (SSSR count). The fourth-order valence-electron chi connectivity index (χ4n) is 1.33. The van der Waals surface area contributed by atoms with E-state index in [-0.39, 0.29) is 0 Å². The second kappa shape index (κ2) is 7.59. The summed E-state index contributed by atoms with van der Waals surface area (Å²) in [6.45, 7) is 5.97. The Balaban J connectivity index is 0.000000921. The van der Waals surface area contributed by atoms with E-state index in [0.29, 0.717) is 12.8 Å². The van der Waals surface area contributed by atoms with Gasteiger partial charge in [0, 0.05) is 0 Å². The number of nitriles is 2. The molecule has 0 saturated carbocycles. The summed E-state index contributed by atoms with van der Waals surface area (Å²) >= 11 is 0. The molecule has 0 bridgehead atoms. The second-order valence-corrected chi connectivity index (χ2v) is 3.00. The van der Waals surface area contributed by atoms with Gasteiger partial charge in [0.25, 0.3) is 0 Å². The van der Waals surface area contributed by atoms with E-state index in [0.717, 1.165) is 16.7 Å². The molecule has 0 heterocycles. The first kappa shape index (κ1) is 13.2. The third kappa shape index (κ3) is 4.84. The van der Waals surface area contributed by atoms with Crippen LogP contribution in [0.15, 0.2) is 18.2 Å². The number of rotatable bonds is 2. The second-order valence-electron chi connectivity index (χ2n) is 3.00. The van der Waals surface area contributed by atoms with Gasteiger partial charge in [0.2, 0.25) is 0 Å². The van der Waals surface area contributed by atoms with Crippen molar-refractivity contribution in [3.8, 4) is 12.1 Å². The monoisotopic (exact) mass is 200 g/mol. The molecule has 0 N–H and O–H groups in total. The summed E-state index contributed by atoms with van der Waals surface area (Å²) in [4.78, 5) is 0. The fraction of sp³-hybridized carbons (Fsp3) is 0.385. The lowest BCUT2D eigenvalue weighted by Crippen LogP contribution is -1.89. The minimum Gasteiger partial charge on any atom is -0.198 e. The molecular formula is C13H16N2. The smallest absolute Gasteiger partial charge is 0.0669 e. The highest BCUT2D eigenvalue weighted by Crippen LogP contribution is 2.10. The molecule has 0 spiro atoms. The molecule has 0 aliphatic carbocycles. The Morgan fingerprint density at radius 2 is 1.33 bits per heavy atom. The predicted molar refractivity (Wildman–Crippen MR) is 61.2 cm³/mol. The number of nitrogens with zero attached hydrogens (tertiary/aromatic N) is 2. The minimum atomic E-state index is 0.417. The van der Waals surface area contributed by atoms with E-state index in [2.05, 4.69) is 12.1 Å². The number of benzene rings is 1. The Hall–Kier alpha value is -1.80. The Bertz CT molecular complexity index is 346. The first-order valence-corrected chi connectivity index (χ1v) is 5.09. The molecule has 1 aromatic rings. The van der Waals surface area contributed by atoms with Crippen molar-refractivity contribution < 1.29 is 0 Å². The third-order valence-corrected chi connectivity index (χ3v) is 1.76. The molecule has 0 saturated heterocycles. The van der Waals surface area contributed by atoms with Crippen molar-refractivity contribution in [1.29, 1.82) is 10.5 Å². The van der Waals surface area contributed by atoms with E-state index in [1.165, 1.54) is 0 Å². The van der Waals surface area contributed by atoms with Gasteiger partial charge in [0.15, 0.2) is 0 Å². The van der Waals surface area contributed by atoms with E-state index in [9.17, 15) is 0 Å². The van der Waals surface area contributed by atoms with Crippen LogP contribution in [0.4, 0.5) is 0 Å². The lowest BCUT2D eigenvalue weighted by atomic mass is 10.0. The van der Waals surface area contributed by atoms with Gasteiger partial charge in [-0.05, 0) is 18.1 Å². The van der Waals surface area contributed by atoms with Crippen molar-refractivity contribution in [1.82, 2.24) is 0 Å². The van der Waals surface area contributed by atoms with E-state index in [4.69, 9.17) is 10.5 Å². The summed E-state index contributed by atoms with van der Waals surface area (Å²) < 4.78 is 0. The lowest BCUT2D eigenvalue weighted by molar-refractivity contribution is 1.18. The van der Waals surface area contributed by atoms with Gasteiger partial charge in [-0.3, -0.25) is 0 Å². The highest BCUT2D eigenvalue weighted by atomic mass is 14.2. The van der Waals surface area contributed by atoms with Crippen molar-refractivity contribution in [3.63, 3.8) is 0 Å². The normalized spacial score (nSPS) is 8.07. The van der Waals surface area contributed by atoms with Crippen LogP contribution in [-0.4, -0.2) is 0 Å². The van der Waals surface area contributed by atoms with Gasteiger partial charge in [-0.1, -0.05) is 37.6 Å². The maximum absolute atomic E-state index is 8.52. The van der Waals surface area contributed by atoms with Crippen LogP contribution >= 0.6 is 0 Å². The number of aryl methyl sites for hydroxylation is 1. The zero-order valence-corrected chi connectivity index (χ0v) is 9.54. The van der Waals surface area contributed by atoms with Gasteiger partial charge in [-0.25, -0.2) is 0 Å². The first-order chi connectivity index (χ1) is 7.26. The third-order valence-electron chi connectivity index (χ3n) is 1.76. The molecule has 1 aromatic carbocycles. The van der Waals surface area contributed by atoms with Gasteiger partial charge < -0.3 is 0 Å². The molecule has 0 atom stereocenters. The van der Waals surface area contributed by atoms with Crippen molar-refractivity contribution in [3.05, 3.63) is 34.9 Å². The summed E-state index contributed by atoms with van der Waals surface area (Å²) in [6.07, 6.45) is 0.834. The van der Waals surface area contributed by atoms with Gasteiger partial charge in [-0.2, -0.15) is 10.5 Å². The van der Waals surface area contributed by atoms with Crippen LogP contribution in [0.1, 0.15) is 30.5 Å². The van der Waals surface area contributed by atoms with Gasteiger partial charge in [0.1, 0.15) is 0 Å². The van der Waals surface area contributed by atoms with E-state index < -0.39 is 0 Å². The molecule has 0 aliphatic heterocycles. The van der Waals surface area contributed by atoms with Crippen LogP contribution in [0.2, 0.25) is 0 Å². The zero-order chi connectivity index (χ0) is 11.7. The number of hydrogen-bond acceptors (Lipinski definition) is 2. The van der Waals surface area contributed by atoms with Crippen LogP contribution < -0.4 is 0 Å². The lowest BCUT2D eigenvalue weighted by Gasteiger charge is -2.01. The first-order valence-electron chi connectivity index (χ1n) is 5.09. The molecule has 15 heavy (non-hydrogen) atoms. The predicted octanol–water partition coefficient (Wildman–Crippen LogP) is 3.15. The van der Waals surface area contributed by atoms with Crippen LogP contribution in [0.3, 0.4) is 0 Å². The van der Waals surface area contributed by atoms with E-state index in [1.807, 2.05) is 39.0 Å². The Morgan fingerprint density at radius 1 is 0.933 bits per heavy atom. The number of hydrogen-bond donors (Lipinski definition) is 0. The van der Waals surface area contributed by atoms with Crippen molar-refractivity contribution in [2.24, 2.45) is 0 Å². The Morgan fingerprint density at radius 3 is 1.67 bits per heavy atom. The van der Waals surface area contributed by atoms with E-state index >= 15 is 0 Å². The average molecular weight is 200 g/mol. The average Bonchev–Trinajstić information content (AvgIpc) is 2.21. The quantitative estimate of drug-likeness (QED) is 0.736. The molecule has 0 aromatic heterocycles. The van der Waals surface area contributed by atoms with Crippen molar-refractivity contribution >= 4 is 0 Å². The molecule has 0 fully saturated rings. The summed E-state index contributed by atoms with van der Waals surface area (Å²) in [5.74, 6) is 0. The van der Waals surface area contributed by atoms with Gasteiger partial charge >= 0.3 is 0 Å².